The van der Waals surface area contributed by atoms with E-state index in [4.69, 9.17) is 21.1 Å². The summed E-state index contributed by atoms with van der Waals surface area (Å²) in [6, 6.07) is 17.1. The quantitative estimate of drug-likeness (QED) is 0.283. The smallest absolute Gasteiger partial charge is 0.296 e. The van der Waals surface area contributed by atoms with Gasteiger partial charge in [0.1, 0.15) is 17.2 Å². The van der Waals surface area contributed by atoms with E-state index in [-0.39, 0.29) is 35.8 Å². The van der Waals surface area contributed by atoms with Gasteiger partial charge in [-0.2, -0.15) is 15.5 Å². The maximum Gasteiger partial charge on any atom is 0.296 e. The Morgan fingerprint density at radius 1 is 1.02 bits per heavy atom. The zero-order valence-electron chi connectivity index (χ0n) is 21.5. The van der Waals surface area contributed by atoms with Crippen LogP contribution in [-0.4, -0.2) is 36.2 Å². The zero-order valence-corrected chi connectivity index (χ0v) is 22.2. The number of benzene rings is 2. The number of hydrogen-bond acceptors (Lipinski definition) is 8. The van der Waals surface area contributed by atoms with E-state index in [0.29, 0.717) is 27.7 Å². The van der Waals surface area contributed by atoms with Gasteiger partial charge in [-0.15, -0.1) is 0 Å². The molecule has 0 fully saturated rings. The Morgan fingerprint density at radius 2 is 1.82 bits per heavy atom. The molecule has 5 aromatic rings. The highest BCUT2D eigenvalue weighted by molar-refractivity contribution is 6.30. The Morgan fingerprint density at radius 3 is 2.52 bits per heavy atom. The van der Waals surface area contributed by atoms with Gasteiger partial charge in [-0.25, -0.2) is 14.3 Å². The minimum absolute atomic E-state index is 0.00136. The van der Waals surface area contributed by atoms with Crippen molar-refractivity contribution in [1.29, 1.82) is 5.26 Å². The van der Waals surface area contributed by atoms with Crippen molar-refractivity contribution in [3.05, 3.63) is 122 Å². The van der Waals surface area contributed by atoms with Gasteiger partial charge in [0.25, 0.3) is 11.1 Å². The number of halogens is 1. The summed E-state index contributed by atoms with van der Waals surface area (Å²) in [6.07, 6.45) is 4.61. The van der Waals surface area contributed by atoms with Crippen LogP contribution < -0.4 is 20.6 Å². The third-order valence-corrected chi connectivity index (χ3v) is 6.19. The molecule has 0 spiro atoms. The second kappa shape index (κ2) is 11.3. The van der Waals surface area contributed by atoms with Gasteiger partial charge in [0.15, 0.2) is 0 Å². The molecular weight excluding hydrogens is 534 g/mol. The van der Waals surface area contributed by atoms with Crippen LogP contribution in [0.3, 0.4) is 0 Å². The van der Waals surface area contributed by atoms with Crippen molar-refractivity contribution in [2.75, 3.05) is 7.11 Å². The van der Waals surface area contributed by atoms with E-state index in [1.54, 1.807) is 50.7 Å². The van der Waals surface area contributed by atoms with Gasteiger partial charge in [0.2, 0.25) is 5.75 Å². The molecule has 11 nitrogen and oxygen atoms in total. The molecule has 0 radical (unpaired) electrons. The third-order valence-electron chi connectivity index (χ3n) is 5.98. The fraction of sp³-hybridized carbons (Fsp3) is 0.143. The van der Waals surface area contributed by atoms with Crippen LogP contribution in [0.25, 0.3) is 5.69 Å². The number of rotatable bonds is 8. The highest BCUT2D eigenvalue weighted by atomic mass is 35.5. The summed E-state index contributed by atoms with van der Waals surface area (Å²) in [5.74, 6) is 0.907. The lowest BCUT2D eigenvalue weighted by Gasteiger charge is -2.14. The molecule has 0 atom stereocenters. The Labute approximate surface area is 233 Å². The number of aryl methyl sites for hydroxylation is 1. The van der Waals surface area contributed by atoms with Crippen LogP contribution in [0, 0.1) is 18.3 Å². The molecule has 5 rings (SSSR count). The predicted octanol–water partition coefficient (Wildman–Crippen LogP) is 3.72. The summed E-state index contributed by atoms with van der Waals surface area (Å²) >= 11 is 6.09. The van der Waals surface area contributed by atoms with E-state index in [9.17, 15) is 14.9 Å². The van der Waals surface area contributed by atoms with Crippen LogP contribution in [0.4, 0.5) is 0 Å². The normalized spacial score (nSPS) is 10.8. The molecule has 0 aliphatic carbocycles. The minimum atomic E-state index is -0.471. The molecule has 0 saturated carbocycles. The summed E-state index contributed by atoms with van der Waals surface area (Å²) in [5, 5.41) is 18.3. The van der Waals surface area contributed by atoms with Crippen molar-refractivity contribution in [1.82, 2.24) is 29.1 Å². The summed E-state index contributed by atoms with van der Waals surface area (Å²) < 4.78 is 15.2. The van der Waals surface area contributed by atoms with Gasteiger partial charge in [-0.1, -0.05) is 23.7 Å². The van der Waals surface area contributed by atoms with Crippen molar-refractivity contribution >= 4 is 11.6 Å². The van der Waals surface area contributed by atoms with Crippen molar-refractivity contribution in [2.45, 2.75) is 20.0 Å². The SMILES string of the molecule is COc1ccc(Cn2nc(Cn3cnc(C)c(Oc4cc(Cl)cc(C#N)c4)c3=O)cc(-n3cccn3)c2=O)cc1. The summed E-state index contributed by atoms with van der Waals surface area (Å²) in [4.78, 5) is 31.1. The second-order valence-electron chi connectivity index (χ2n) is 8.76. The van der Waals surface area contributed by atoms with Crippen LogP contribution in [0.5, 0.6) is 17.2 Å². The fourth-order valence-corrected chi connectivity index (χ4v) is 4.23. The first-order valence-corrected chi connectivity index (χ1v) is 12.4. The Bertz CT molecular complexity index is 1840. The van der Waals surface area contributed by atoms with Crippen molar-refractivity contribution in [3.8, 4) is 29.0 Å². The lowest BCUT2D eigenvalue weighted by Crippen LogP contribution is -2.30. The van der Waals surface area contributed by atoms with Crippen LogP contribution >= 0.6 is 11.6 Å². The average molecular weight is 556 g/mol. The fourth-order valence-electron chi connectivity index (χ4n) is 4.01. The number of nitriles is 1. The minimum Gasteiger partial charge on any atom is -0.497 e. The molecule has 12 heteroatoms. The highest BCUT2D eigenvalue weighted by Crippen LogP contribution is 2.25. The summed E-state index contributed by atoms with van der Waals surface area (Å²) in [7, 11) is 1.58. The first-order valence-electron chi connectivity index (χ1n) is 12.0. The molecule has 0 bridgehead atoms. The zero-order chi connectivity index (χ0) is 28.2. The maximum absolute atomic E-state index is 13.4. The van der Waals surface area contributed by atoms with Crippen LogP contribution in [0.15, 0.2) is 82.9 Å². The number of aromatic nitrogens is 6. The van der Waals surface area contributed by atoms with Gasteiger partial charge in [-0.3, -0.25) is 14.2 Å². The monoisotopic (exact) mass is 555 g/mol. The van der Waals surface area contributed by atoms with Gasteiger partial charge >= 0.3 is 0 Å². The van der Waals surface area contributed by atoms with Crippen molar-refractivity contribution < 1.29 is 9.47 Å². The van der Waals surface area contributed by atoms with E-state index in [1.807, 2.05) is 18.2 Å². The van der Waals surface area contributed by atoms with Gasteiger partial charge in [0.05, 0.1) is 49.5 Å². The van der Waals surface area contributed by atoms with Gasteiger partial charge in [-0.05, 0) is 55.0 Å². The topological polar surface area (TPSA) is 130 Å². The Hall–Kier alpha value is -5.21. The van der Waals surface area contributed by atoms with Crippen molar-refractivity contribution in [2.24, 2.45) is 0 Å². The molecule has 200 valence electrons. The maximum atomic E-state index is 13.4. The molecule has 0 unspecified atom stereocenters. The van der Waals surface area contributed by atoms with E-state index in [1.165, 1.54) is 38.5 Å². The lowest BCUT2D eigenvalue weighted by atomic mass is 10.2. The molecule has 3 heterocycles. The van der Waals surface area contributed by atoms with E-state index >= 15 is 0 Å². The first-order chi connectivity index (χ1) is 19.3. The molecule has 0 amide bonds. The third kappa shape index (κ3) is 5.62. The first kappa shape index (κ1) is 26.4. The van der Waals surface area contributed by atoms with Crippen LogP contribution in [-0.2, 0) is 13.1 Å². The Kier molecular flexibility index (Phi) is 7.43. The number of ether oxygens (including phenoxy) is 2. The number of hydrogen-bond donors (Lipinski definition) is 0. The van der Waals surface area contributed by atoms with Crippen LogP contribution in [0.1, 0.15) is 22.5 Å². The predicted molar refractivity (Wildman–Crippen MR) is 146 cm³/mol. The Balaban J connectivity index is 1.52. The number of methoxy groups -OCH3 is 1. The van der Waals surface area contributed by atoms with Crippen LogP contribution in [0.2, 0.25) is 5.02 Å². The van der Waals surface area contributed by atoms with E-state index in [0.717, 1.165) is 5.56 Å². The summed E-state index contributed by atoms with van der Waals surface area (Å²) in [6.45, 7) is 1.83. The molecular formula is C28H22ClN7O4. The van der Waals surface area contributed by atoms with Gasteiger partial charge < -0.3 is 9.47 Å². The van der Waals surface area contributed by atoms with Crippen molar-refractivity contribution in [3.63, 3.8) is 0 Å². The van der Waals surface area contributed by atoms with E-state index < -0.39 is 5.56 Å². The largest absolute Gasteiger partial charge is 0.497 e. The number of nitrogens with zero attached hydrogens (tertiary/aromatic N) is 7. The molecule has 2 aromatic carbocycles. The molecule has 0 saturated heterocycles. The highest BCUT2D eigenvalue weighted by Gasteiger charge is 2.16. The molecule has 0 aliphatic rings. The molecule has 0 N–H and O–H groups in total. The standard InChI is InChI=1S/C28H22ClN7O4/c1-18-26(40-24-11-20(14-30)10-21(29)12-24)28(38)34(17-31-18)16-22-13-25(35-9-3-8-32-35)27(37)36(33-22)15-19-4-6-23(39-2)7-5-19/h3-13,17H,15-16H2,1-2H3. The molecule has 0 aliphatic heterocycles. The van der Waals surface area contributed by atoms with Gasteiger partial charge in [0, 0.05) is 17.4 Å². The average Bonchev–Trinajstić information content (AvgIpc) is 3.49. The second-order valence-corrected chi connectivity index (χ2v) is 9.20. The van der Waals surface area contributed by atoms with E-state index in [2.05, 4.69) is 15.2 Å². The lowest BCUT2D eigenvalue weighted by molar-refractivity contribution is 0.414. The summed E-state index contributed by atoms with van der Waals surface area (Å²) in [5.41, 5.74) is 1.36. The molecule has 3 aromatic heterocycles. The molecule has 40 heavy (non-hydrogen) atoms.